The van der Waals surface area contributed by atoms with Gasteiger partial charge in [-0.2, -0.15) is 0 Å². The summed E-state index contributed by atoms with van der Waals surface area (Å²) >= 11 is 0. The van der Waals surface area contributed by atoms with Gasteiger partial charge in [0.25, 0.3) is 11.8 Å². The van der Waals surface area contributed by atoms with Gasteiger partial charge in [0, 0.05) is 24.7 Å². The molecule has 0 spiro atoms. The van der Waals surface area contributed by atoms with E-state index >= 15 is 0 Å². The molecule has 2 aromatic rings. The summed E-state index contributed by atoms with van der Waals surface area (Å²) in [5.74, 6) is 1.87. The molecule has 0 unspecified atom stereocenters. The zero-order chi connectivity index (χ0) is 22.0. The van der Waals surface area contributed by atoms with Gasteiger partial charge < -0.3 is 24.4 Å². The number of nitrogens with zero attached hydrogens (tertiary/aromatic N) is 1. The monoisotopic (exact) mass is 424 g/mol. The van der Waals surface area contributed by atoms with Crippen LogP contribution >= 0.6 is 0 Å². The number of carbonyl (C=O) groups is 2. The Morgan fingerprint density at radius 1 is 1.03 bits per heavy atom. The summed E-state index contributed by atoms with van der Waals surface area (Å²) in [6.45, 7) is 7.43. The Labute approximate surface area is 182 Å². The second kappa shape index (κ2) is 8.88. The molecule has 7 heteroatoms. The first kappa shape index (κ1) is 21.0. The Kier molecular flexibility index (Phi) is 6.02. The van der Waals surface area contributed by atoms with Crippen molar-refractivity contribution in [1.82, 2.24) is 10.2 Å². The SMILES string of the molecule is Cc1ccc(C)c(OCC(=O)N2CCC(NC(=O)c3ccc4c(c3)OCO4)CC2)c1C. The molecule has 0 bridgehead atoms. The number of rotatable bonds is 5. The van der Waals surface area contributed by atoms with Crippen LogP contribution in [0.15, 0.2) is 30.3 Å². The van der Waals surface area contributed by atoms with Crippen LogP contribution in [0.3, 0.4) is 0 Å². The molecule has 1 saturated heterocycles. The van der Waals surface area contributed by atoms with E-state index in [4.69, 9.17) is 14.2 Å². The van der Waals surface area contributed by atoms with Crippen molar-refractivity contribution >= 4 is 11.8 Å². The van der Waals surface area contributed by atoms with Gasteiger partial charge in [-0.3, -0.25) is 9.59 Å². The van der Waals surface area contributed by atoms with Crippen LogP contribution in [0.4, 0.5) is 0 Å². The predicted octanol–water partition coefficient (Wildman–Crippen LogP) is 3.14. The molecular formula is C24H28N2O5. The highest BCUT2D eigenvalue weighted by molar-refractivity contribution is 5.95. The lowest BCUT2D eigenvalue weighted by Gasteiger charge is -2.32. The minimum absolute atomic E-state index is 0.0270. The van der Waals surface area contributed by atoms with Crippen molar-refractivity contribution in [3.8, 4) is 17.2 Å². The molecule has 4 rings (SSSR count). The second-order valence-electron chi connectivity index (χ2n) is 8.14. The molecule has 0 aromatic heterocycles. The number of benzene rings is 2. The zero-order valence-corrected chi connectivity index (χ0v) is 18.2. The fraction of sp³-hybridized carbons (Fsp3) is 0.417. The molecule has 0 atom stereocenters. The lowest BCUT2D eigenvalue weighted by Crippen LogP contribution is -2.47. The number of ether oxygens (including phenoxy) is 3. The number of nitrogens with one attached hydrogen (secondary N) is 1. The quantitative estimate of drug-likeness (QED) is 0.798. The lowest BCUT2D eigenvalue weighted by atomic mass is 10.0. The van der Waals surface area contributed by atoms with Crippen molar-refractivity contribution in [1.29, 1.82) is 0 Å². The molecule has 7 nitrogen and oxygen atoms in total. The van der Waals surface area contributed by atoms with E-state index in [2.05, 4.69) is 11.4 Å². The number of carbonyl (C=O) groups excluding carboxylic acids is 2. The van der Waals surface area contributed by atoms with Crippen molar-refractivity contribution in [2.24, 2.45) is 0 Å². The minimum atomic E-state index is -0.142. The fourth-order valence-electron chi connectivity index (χ4n) is 3.95. The van der Waals surface area contributed by atoms with E-state index in [1.54, 1.807) is 18.2 Å². The molecule has 2 aliphatic heterocycles. The molecule has 2 amide bonds. The molecule has 1 N–H and O–H groups in total. The number of aryl methyl sites for hydroxylation is 2. The summed E-state index contributed by atoms with van der Waals surface area (Å²) in [5, 5.41) is 3.06. The van der Waals surface area contributed by atoms with Crippen LogP contribution in [0.5, 0.6) is 17.2 Å². The fourth-order valence-corrected chi connectivity index (χ4v) is 3.95. The minimum Gasteiger partial charge on any atom is -0.483 e. The highest BCUT2D eigenvalue weighted by Crippen LogP contribution is 2.32. The van der Waals surface area contributed by atoms with Gasteiger partial charge in [-0.05, 0) is 68.5 Å². The molecular weight excluding hydrogens is 396 g/mol. The second-order valence-corrected chi connectivity index (χ2v) is 8.14. The summed E-state index contributed by atoms with van der Waals surface area (Å²) in [6, 6.07) is 9.27. The molecule has 2 aliphatic rings. The van der Waals surface area contributed by atoms with Crippen LogP contribution in [0.2, 0.25) is 0 Å². The predicted molar refractivity (Wildman–Crippen MR) is 116 cm³/mol. The maximum absolute atomic E-state index is 12.6. The van der Waals surface area contributed by atoms with Gasteiger partial charge in [-0.1, -0.05) is 12.1 Å². The van der Waals surface area contributed by atoms with Gasteiger partial charge >= 0.3 is 0 Å². The molecule has 164 valence electrons. The summed E-state index contributed by atoms with van der Waals surface area (Å²) < 4.78 is 16.5. The summed E-state index contributed by atoms with van der Waals surface area (Å²) in [5.41, 5.74) is 3.78. The summed E-state index contributed by atoms with van der Waals surface area (Å²) in [4.78, 5) is 27.0. The smallest absolute Gasteiger partial charge is 0.260 e. The van der Waals surface area contributed by atoms with Gasteiger partial charge in [-0.25, -0.2) is 0 Å². The van der Waals surface area contributed by atoms with E-state index < -0.39 is 0 Å². The molecule has 0 aliphatic carbocycles. The van der Waals surface area contributed by atoms with E-state index in [9.17, 15) is 9.59 Å². The van der Waals surface area contributed by atoms with Crippen molar-refractivity contribution < 1.29 is 23.8 Å². The van der Waals surface area contributed by atoms with Gasteiger partial charge in [0.15, 0.2) is 18.1 Å². The van der Waals surface area contributed by atoms with Gasteiger partial charge in [-0.15, -0.1) is 0 Å². The van der Waals surface area contributed by atoms with E-state index in [-0.39, 0.29) is 31.3 Å². The van der Waals surface area contributed by atoms with Crippen LogP contribution in [0, 0.1) is 20.8 Å². The Bertz CT molecular complexity index is 996. The first-order chi connectivity index (χ1) is 14.9. The highest BCUT2D eigenvalue weighted by atomic mass is 16.7. The third kappa shape index (κ3) is 4.60. The highest BCUT2D eigenvalue weighted by Gasteiger charge is 2.25. The molecule has 0 radical (unpaired) electrons. The number of likely N-dealkylation sites (tertiary alicyclic amines) is 1. The van der Waals surface area contributed by atoms with E-state index in [1.807, 2.05) is 31.7 Å². The van der Waals surface area contributed by atoms with Crippen LogP contribution < -0.4 is 19.5 Å². The number of hydrogen-bond donors (Lipinski definition) is 1. The van der Waals surface area contributed by atoms with E-state index in [0.29, 0.717) is 43.0 Å². The van der Waals surface area contributed by atoms with Gasteiger partial charge in [0.1, 0.15) is 5.75 Å². The number of hydrogen-bond acceptors (Lipinski definition) is 5. The standard InChI is InChI=1S/C24H28N2O5/c1-15-4-5-16(2)23(17(15)3)29-13-22(27)26-10-8-19(9-11-26)25-24(28)18-6-7-20-21(12-18)31-14-30-20/h4-7,12,19H,8-11,13-14H2,1-3H3,(H,25,28). The average Bonchev–Trinajstić information content (AvgIpc) is 3.24. The van der Waals surface area contributed by atoms with Crippen molar-refractivity contribution in [2.45, 2.75) is 39.7 Å². The van der Waals surface area contributed by atoms with Crippen LogP contribution in [0.1, 0.15) is 39.9 Å². The first-order valence-electron chi connectivity index (χ1n) is 10.6. The Hall–Kier alpha value is -3.22. The summed E-state index contributed by atoms with van der Waals surface area (Å²) in [7, 11) is 0. The van der Waals surface area contributed by atoms with Gasteiger partial charge in [0.05, 0.1) is 0 Å². The number of amides is 2. The third-order valence-corrected chi connectivity index (χ3v) is 6.03. The topological polar surface area (TPSA) is 77.1 Å². The molecule has 0 saturated carbocycles. The Morgan fingerprint density at radius 2 is 1.74 bits per heavy atom. The average molecular weight is 424 g/mol. The van der Waals surface area contributed by atoms with Crippen LogP contribution in [-0.4, -0.2) is 49.2 Å². The van der Waals surface area contributed by atoms with Gasteiger partial charge in [0.2, 0.25) is 6.79 Å². The normalized spacial score (nSPS) is 15.6. The van der Waals surface area contributed by atoms with E-state index in [1.165, 1.54) is 0 Å². The molecule has 2 heterocycles. The molecule has 2 aromatic carbocycles. The van der Waals surface area contributed by atoms with Crippen molar-refractivity contribution in [3.05, 3.63) is 52.6 Å². The van der Waals surface area contributed by atoms with Crippen LogP contribution in [-0.2, 0) is 4.79 Å². The largest absolute Gasteiger partial charge is 0.483 e. The summed E-state index contributed by atoms with van der Waals surface area (Å²) in [6.07, 6.45) is 1.43. The zero-order valence-electron chi connectivity index (χ0n) is 18.2. The lowest BCUT2D eigenvalue weighted by molar-refractivity contribution is -0.134. The molecule has 31 heavy (non-hydrogen) atoms. The van der Waals surface area contributed by atoms with E-state index in [0.717, 1.165) is 22.4 Å². The third-order valence-electron chi connectivity index (χ3n) is 6.03. The van der Waals surface area contributed by atoms with Crippen LogP contribution in [0.25, 0.3) is 0 Å². The number of fused-ring (bicyclic) bond motifs is 1. The van der Waals surface area contributed by atoms with Crippen molar-refractivity contribution in [2.75, 3.05) is 26.5 Å². The Morgan fingerprint density at radius 3 is 2.52 bits per heavy atom. The Balaban J connectivity index is 1.26. The maximum atomic E-state index is 12.6. The van der Waals surface area contributed by atoms with Crippen molar-refractivity contribution in [3.63, 3.8) is 0 Å². The molecule has 1 fully saturated rings. The number of piperidine rings is 1. The first-order valence-corrected chi connectivity index (χ1v) is 10.6. The maximum Gasteiger partial charge on any atom is 0.260 e.